The van der Waals surface area contributed by atoms with Crippen LogP contribution in [0, 0.1) is 17.2 Å². The van der Waals surface area contributed by atoms with Gasteiger partial charge in [-0.15, -0.1) is 10.2 Å². The van der Waals surface area contributed by atoms with E-state index in [0.29, 0.717) is 23.8 Å². The maximum absolute atomic E-state index is 12.6. The van der Waals surface area contributed by atoms with E-state index in [1.54, 1.807) is 12.3 Å². The molecule has 0 atom stereocenters. The number of carbonyl (C=O) groups is 1. The average Bonchev–Trinajstić information content (AvgIpc) is 3.21. The van der Waals surface area contributed by atoms with E-state index >= 15 is 0 Å². The first-order valence-corrected chi connectivity index (χ1v) is 9.95. The highest BCUT2D eigenvalue weighted by Gasteiger charge is 2.27. The molecule has 154 valence electrons. The number of nitrogens with zero attached hydrogens (tertiary/aromatic N) is 5. The van der Waals surface area contributed by atoms with Gasteiger partial charge in [-0.25, -0.2) is 4.98 Å². The van der Waals surface area contributed by atoms with Gasteiger partial charge in [0, 0.05) is 24.4 Å². The van der Waals surface area contributed by atoms with Crippen LogP contribution in [0.3, 0.4) is 0 Å². The molecule has 2 N–H and O–H groups in total. The zero-order valence-corrected chi connectivity index (χ0v) is 16.7. The number of hydrogen-bond acceptors (Lipinski definition) is 7. The molecule has 0 radical (unpaired) electrons. The maximum atomic E-state index is 12.6. The lowest BCUT2D eigenvalue weighted by Crippen LogP contribution is -2.36. The molecule has 1 aliphatic rings. The standard InChI is InChI=1S/C21H23N7O2/c1-30-21-16(12-22)17(9-10-23-21)25-15-7-5-14(6-8-15)20(29)24-13-19-27-26-18-4-2-3-11-28(18)19/h2-4,9-11,14-15H,5-8,13H2,1H3,(H,23,25)(H,24,29). The van der Waals surface area contributed by atoms with Crippen LogP contribution in [-0.4, -0.2) is 38.6 Å². The van der Waals surface area contributed by atoms with Crippen LogP contribution in [-0.2, 0) is 11.3 Å². The maximum Gasteiger partial charge on any atom is 0.233 e. The van der Waals surface area contributed by atoms with Gasteiger partial charge < -0.3 is 15.4 Å². The topological polar surface area (TPSA) is 117 Å². The van der Waals surface area contributed by atoms with Gasteiger partial charge in [-0.3, -0.25) is 9.20 Å². The Morgan fingerprint density at radius 2 is 2.10 bits per heavy atom. The zero-order chi connectivity index (χ0) is 20.9. The van der Waals surface area contributed by atoms with E-state index in [4.69, 9.17) is 4.74 Å². The number of nitriles is 1. The number of methoxy groups -OCH3 is 1. The fourth-order valence-electron chi connectivity index (χ4n) is 3.87. The van der Waals surface area contributed by atoms with Crippen LogP contribution in [0.25, 0.3) is 5.65 Å². The van der Waals surface area contributed by atoms with Gasteiger partial charge in [-0.05, 0) is 43.9 Å². The first kappa shape index (κ1) is 19.6. The number of nitrogens with one attached hydrogen (secondary N) is 2. The first-order chi connectivity index (χ1) is 14.7. The summed E-state index contributed by atoms with van der Waals surface area (Å²) < 4.78 is 7.03. The predicted octanol–water partition coefficient (Wildman–Crippen LogP) is 2.29. The fourth-order valence-corrected chi connectivity index (χ4v) is 3.87. The fraction of sp³-hybridized carbons (Fsp3) is 0.381. The molecule has 3 aromatic heterocycles. The van der Waals surface area contributed by atoms with Gasteiger partial charge in [0.2, 0.25) is 11.8 Å². The summed E-state index contributed by atoms with van der Waals surface area (Å²) in [6.07, 6.45) is 6.78. The van der Waals surface area contributed by atoms with Crippen LogP contribution in [0.4, 0.5) is 5.69 Å². The van der Waals surface area contributed by atoms with Crippen molar-refractivity contribution in [3.05, 3.63) is 48.0 Å². The summed E-state index contributed by atoms with van der Waals surface area (Å²) in [7, 11) is 1.50. The van der Waals surface area contributed by atoms with Gasteiger partial charge in [0.15, 0.2) is 11.5 Å². The molecule has 4 rings (SSSR count). The van der Waals surface area contributed by atoms with Crippen molar-refractivity contribution >= 4 is 17.2 Å². The highest BCUT2D eigenvalue weighted by atomic mass is 16.5. The molecule has 3 aromatic rings. The Morgan fingerprint density at radius 3 is 2.87 bits per heavy atom. The molecule has 0 bridgehead atoms. The number of carbonyl (C=O) groups excluding carboxylic acids is 1. The highest BCUT2D eigenvalue weighted by molar-refractivity contribution is 5.78. The third-order valence-electron chi connectivity index (χ3n) is 5.48. The SMILES string of the molecule is COc1nccc(NC2CCC(C(=O)NCc3nnc4ccccn34)CC2)c1C#N. The molecule has 1 amide bonds. The molecule has 9 nitrogen and oxygen atoms in total. The van der Waals surface area contributed by atoms with Gasteiger partial charge in [-0.2, -0.15) is 5.26 Å². The first-order valence-electron chi connectivity index (χ1n) is 9.95. The van der Waals surface area contributed by atoms with E-state index in [1.165, 1.54) is 7.11 Å². The summed E-state index contributed by atoms with van der Waals surface area (Å²) in [5, 5.41) is 24.1. The second kappa shape index (κ2) is 8.78. The number of aromatic nitrogens is 4. The Kier molecular flexibility index (Phi) is 5.75. The molecule has 1 saturated carbocycles. The molecule has 3 heterocycles. The Labute approximate surface area is 174 Å². The van der Waals surface area contributed by atoms with Crippen molar-refractivity contribution in [3.63, 3.8) is 0 Å². The summed E-state index contributed by atoms with van der Waals surface area (Å²) in [6, 6.07) is 9.82. The van der Waals surface area contributed by atoms with Crippen LogP contribution in [0.1, 0.15) is 37.1 Å². The van der Waals surface area contributed by atoms with Crippen LogP contribution >= 0.6 is 0 Å². The lowest BCUT2D eigenvalue weighted by Gasteiger charge is -2.29. The molecule has 1 fully saturated rings. The van der Waals surface area contributed by atoms with Crippen molar-refractivity contribution in [2.24, 2.45) is 5.92 Å². The average molecular weight is 405 g/mol. The van der Waals surface area contributed by atoms with Crippen molar-refractivity contribution < 1.29 is 9.53 Å². The predicted molar refractivity (Wildman–Crippen MR) is 110 cm³/mol. The molecular formula is C21H23N7O2. The lowest BCUT2D eigenvalue weighted by atomic mass is 9.85. The van der Waals surface area contributed by atoms with Crippen LogP contribution in [0.2, 0.25) is 0 Å². The quantitative estimate of drug-likeness (QED) is 0.646. The lowest BCUT2D eigenvalue weighted by molar-refractivity contribution is -0.126. The summed E-state index contributed by atoms with van der Waals surface area (Å²) in [5.74, 6) is 1.05. The van der Waals surface area contributed by atoms with E-state index in [2.05, 4.69) is 31.9 Å². The molecule has 9 heteroatoms. The van der Waals surface area contributed by atoms with Crippen molar-refractivity contribution in [1.29, 1.82) is 5.26 Å². The summed E-state index contributed by atoms with van der Waals surface area (Å²) in [4.78, 5) is 16.7. The van der Waals surface area contributed by atoms with Crippen molar-refractivity contribution in [3.8, 4) is 11.9 Å². The number of fused-ring (bicyclic) bond motifs is 1. The summed E-state index contributed by atoms with van der Waals surface area (Å²) in [5.41, 5.74) is 1.88. The van der Waals surface area contributed by atoms with E-state index in [-0.39, 0.29) is 17.9 Å². The summed E-state index contributed by atoms with van der Waals surface area (Å²) in [6.45, 7) is 0.352. The third-order valence-corrected chi connectivity index (χ3v) is 5.48. The minimum atomic E-state index is -0.0235. The van der Waals surface area contributed by atoms with E-state index in [1.807, 2.05) is 28.8 Å². The Morgan fingerprint density at radius 1 is 1.27 bits per heavy atom. The molecular weight excluding hydrogens is 382 g/mol. The normalized spacial score (nSPS) is 18.5. The molecule has 0 aromatic carbocycles. The van der Waals surface area contributed by atoms with E-state index in [9.17, 15) is 10.1 Å². The smallest absolute Gasteiger partial charge is 0.233 e. The largest absolute Gasteiger partial charge is 0.480 e. The molecule has 0 spiro atoms. The summed E-state index contributed by atoms with van der Waals surface area (Å²) >= 11 is 0. The number of anilines is 1. The second-order valence-electron chi connectivity index (χ2n) is 7.31. The van der Waals surface area contributed by atoms with Crippen LogP contribution < -0.4 is 15.4 Å². The third kappa shape index (κ3) is 4.03. The monoisotopic (exact) mass is 405 g/mol. The number of pyridine rings is 2. The minimum Gasteiger partial charge on any atom is -0.480 e. The zero-order valence-electron chi connectivity index (χ0n) is 16.7. The van der Waals surface area contributed by atoms with Gasteiger partial charge in [0.1, 0.15) is 11.6 Å². The molecule has 30 heavy (non-hydrogen) atoms. The van der Waals surface area contributed by atoms with Gasteiger partial charge >= 0.3 is 0 Å². The Hall–Kier alpha value is -3.67. The van der Waals surface area contributed by atoms with Gasteiger partial charge in [0.25, 0.3) is 0 Å². The number of rotatable bonds is 6. The van der Waals surface area contributed by atoms with E-state index < -0.39 is 0 Å². The van der Waals surface area contributed by atoms with Crippen LogP contribution in [0.15, 0.2) is 36.7 Å². The minimum absolute atomic E-state index is 0.0235. The Balaban J connectivity index is 1.30. The van der Waals surface area contributed by atoms with Crippen LogP contribution in [0.5, 0.6) is 5.88 Å². The molecule has 1 aliphatic carbocycles. The molecule has 0 aliphatic heterocycles. The number of amides is 1. The number of hydrogen-bond donors (Lipinski definition) is 2. The second-order valence-corrected chi connectivity index (χ2v) is 7.31. The van der Waals surface area contributed by atoms with Gasteiger partial charge in [-0.1, -0.05) is 6.07 Å². The molecule has 0 unspecified atom stereocenters. The Bertz CT molecular complexity index is 1080. The van der Waals surface area contributed by atoms with Crippen molar-refractivity contribution in [2.45, 2.75) is 38.3 Å². The van der Waals surface area contributed by atoms with Crippen molar-refractivity contribution in [1.82, 2.24) is 24.9 Å². The molecule has 0 saturated heterocycles. The van der Waals surface area contributed by atoms with Crippen molar-refractivity contribution in [2.75, 3.05) is 12.4 Å². The number of ether oxygens (including phenoxy) is 1. The highest BCUT2D eigenvalue weighted by Crippen LogP contribution is 2.29. The van der Waals surface area contributed by atoms with E-state index in [0.717, 1.165) is 37.0 Å². The van der Waals surface area contributed by atoms with Gasteiger partial charge in [0.05, 0.1) is 19.3 Å².